The lowest BCUT2D eigenvalue weighted by molar-refractivity contribution is -0.111. The molecule has 0 unspecified atom stereocenters. The van der Waals surface area contributed by atoms with Gasteiger partial charge in [0.1, 0.15) is 17.2 Å². The van der Waals surface area contributed by atoms with Gasteiger partial charge < -0.3 is 20.1 Å². The molecule has 0 aliphatic carbocycles. The van der Waals surface area contributed by atoms with Gasteiger partial charge in [-0.1, -0.05) is 56.1 Å². The van der Waals surface area contributed by atoms with Crippen LogP contribution in [-0.2, 0) is 16.8 Å². The molecule has 3 N–H and O–H groups in total. The Morgan fingerprint density at radius 1 is 1.07 bits per heavy atom. The van der Waals surface area contributed by atoms with Crippen molar-refractivity contribution in [1.29, 1.82) is 0 Å². The topological polar surface area (TPSA) is 139 Å². The number of nitrogens with zero attached hydrogens (tertiary/aromatic N) is 4. The SMILES string of the molecule is CC#CC(=O)Nc1ccccc1-c1nc2c(-c3ccc(CNC(=O)c4nc(C(C)(C)C)no4)c(F)c3)ccnc2[nH]1. The van der Waals surface area contributed by atoms with Crippen LogP contribution in [0, 0.1) is 17.7 Å². The number of hydrogen-bond acceptors (Lipinski definition) is 7. The molecule has 2 amide bonds. The number of nitrogens with one attached hydrogen (secondary N) is 3. The van der Waals surface area contributed by atoms with Gasteiger partial charge in [0.25, 0.3) is 5.91 Å². The Kier molecular flexibility index (Phi) is 7.31. The summed E-state index contributed by atoms with van der Waals surface area (Å²) in [5.74, 6) is 4.21. The maximum Gasteiger partial charge on any atom is 0.315 e. The first-order chi connectivity index (χ1) is 19.6. The van der Waals surface area contributed by atoms with Crippen molar-refractivity contribution >= 4 is 28.7 Å². The van der Waals surface area contributed by atoms with E-state index in [0.29, 0.717) is 45.2 Å². The normalized spacial score (nSPS) is 11.1. The van der Waals surface area contributed by atoms with Crippen LogP contribution in [0.25, 0.3) is 33.7 Å². The number of carbonyl (C=O) groups excluding carboxylic acids is 2. The molecule has 0 saturated heterocycles. The van der Waals surface area contributed by atoms with Gasteiger partial charge in [0.2, 0.25) is 0 Å². The smallest absolute Gasteiger partial charge is 0.315 e. The number of hydrogen-bond donors (Lipinski definition) is 3. The Balaban J connectivity index is 1.38. The number of amides is 2. The summed E-state index contributed by atoms with van der Waals surface area (Å²) in [7, 11) is 0. The van der Waals surface area contributed by atoms with E-state index in [1.54, 1.807) is 43.5 Å². The van der Waals surface area contributed by atoms with Crippen LogP contribution in [0.2, 0.25) is 0 Å². The van der Waals surface area contributed by atoms with Crippen LogP contribution in [-0.4, -0.2) is 36.9 Å². The van der Waals surface area contributed by atoms with E-state index in [1.165, 1.54) is 6.07 Å². The molecule has 3 aromatic heterocycles. The molecule has 5 rings (SSSR count). The number of H-pyrrole nitrogens is 1. The molecule has 0 radical (unpaired) electrons. The molecule has 0 aliphatic heterocycles. The molecule has 3 heterocycles. The highest BCUT2D eigenvalue weighted by atomic mass is 19.1. The highest BCUT2D eigenvalue weighted by Gasteiger charge is 2.24. The zero-order valence-electron chi connectivity index (χ0n) is 22.8. The van der Waals surface area contributed by atoms with Crippen LogP contribution < -0.4 is 10.6 Å². The summed E-state index contributed by atoms with van der Waals surface area (Å²) in [4.78, 5) is 40.9. The first-order valence-electron chi connectivity index (χ1n) is 12.7. The number of imidazole rings is 1. The fourth-order valence-corrected chi connectivity index (χ4v) is 4.07. The maximum absolute atomic E-state index is 15.2. The van der Waals surface area contributed by atoms with Crippen molar-refractivity contribution in [3.8, 4) is 34.4 Å². The van der Waals surface area contributed by atoms with E-state index in [0.717, 1.165) is 0 Å². The van der Waals surface area contributed by atoms with Gasteiger partial charge in [-0.2, -0.15) is 4.98 Å². The van der Waals surface area contributed by atoms with E-state index < -0.39 is 17.6 Å². The van der Waals surface area contributed by atoms with E-state index in [4.69, 9.17) is 9.51 Å². The van der Waals surface area contributed by atoms with Gasteiger partial charge in [0.15, 0.2) is 11.5 Å². The van der Waals surface area contributed by atoms with Gasteiger partial charge in [0, 0.05) is 34.8 Å². The fourth-order valence-electron chi connectivity index (χ4n) is 4.07. The summed E-state index contributed by atoms with van der Waals surface area (Å²) in [5, 5.41) is 9.22. The number of pyridine rings is 1. The minimum absolute atomic E-state index is 0.0681. The van der Waals surface area contributed by atoms with Crippen LogP contribution in [0.5, 0.6) is 0 Å². The highest BCUT2D eigenvalue weighted by Crippen LogP contribution is 2.32. The second kappa shape index (κ2) is 11.0. The third kappa shape index (κ3) is 5.81. The Morgan fingerprint density at radius 2 is 1.88 bits per heavy atom. The van der Waals surface area contributed by atoms with Crippen LogP contribution >= 0.6 is 0 Å². The van der Waals surface area contributed by atoms with Crippen molar-refractivity contribution in [2.24, 2.45) is 0 Å². The van der Waals surface area contributed by atoms with Gasteiger partial charge in [0.05, 0.1) is 5.69 Å². The molecule has 0 atom stereocenters. The number of aromatic nitrogens is 5. The van der Waals surface area contributed by atoms with E-state index in [-0.39, 0.29) is 23.4 Å². The number of anilines is 1. The molecule has 41 heavy (non-hydrogen) atoms. The zero-order chi connectivity index (χ0) is 29.1. The summed E-state index contributed by atoms with van der Waals surface area (Å²) in [5.41, 5.74) is 3.36. The lowest BCUT2D eigenvalue weighted by Crippen LogP contribution is -2.24. The molecular weight excluding hydrogens is 525 g/mol. The first kappa shape index (κ1) is 27.2. The number of para-hydroxylation sites is 1. The number of halogens is 1. The molecule has 206 valence electrons. The van der Waals surface area contributed by atoms with Crippen LogP contribution in [0.15, 0.2) is 59.3 Å². The Hall–Kier alpha value is -5.37. The maximum atomic E-state index is 15.2. The standard InChI is InChI=1S/C30H26FN7O3/c1-5-8-23(39)34-22-10-7-6-9-20(22)25-35-24-19(13-14-32-26(24)36-25)17-11-12-18(21(31)15-17)16-33-27(40)28-37-29(38-41-28)30(2,3)4/h6-7,9-15H,16H2,1-4H3,(H,33,40)(H,34,39)(H,32,35,36). The van der Waals surface area contributed by atoms with Crippen molar-refractivity contribution in [2.45, 2.75) is 39.7 Å². The third-order valence-electron chi connectivity index (χ3n) is 6.15. The quantitative estimate of drug-likeness (QED) is 0.252. The lowest BCUT2D eigenvalue weighted by Gasteiger charge is -2.10. The van der Waals surface area contributed by atoms with Crippen molar-refractivity contribution < 1.29 is 18.5 Å². The summed E-state index contributed by atoms with van der Waals surface area (Å²) in [6.45, 7) is 7.22. The van der Waals surface area contributed by atoms with Gasteiger partial charge in [-0.3, -0.25) is 9.59 Å². The molecule has 10 nitrogen and oxygen atoms in total. The number of fused-ring (bicyclic) bond motifs is 1. The molecule has 2 aromatic carbocycles. The Labute approximate surface area is 234 Å². The summed E-state index contributed by atoms with van der Waals surface area (Å²) in [6, 6.07) is 13.7. The van der Waals surface area contributed by atoms with Crippen molar-refractivity contribution in [1.82, 2.24) is 30.4 Å². The van der Waals surface area contributed by atoms with Crippen LogP contribution in [0.3, 0.4) is 0 Å². The number of rotatable bonds is 6. The third-order valence-corrected chi connectivity index (χ3v) is 6.15. The molecule has 0 spiro atoms. The van der Waals surface area contributed by atoms with Crippen molar-refractivity contribution in [3.05, 3.63) is 77.8 Å². The minimum atomic E-state index is -0.588. The van der Waals surface area contributed by atoms with Crippen LogP contribution in [0.1, 0.15) is 49.8 Å². The van der Waals surface area contributed by atoms with E-state index >= 15 is 4.39 Å². The second-order valence-corrected chi connectivity index (χ2v) is 10.2. The fraction of sp³-hybridized carbons (Fsp3) is 0.200. The van der Waals surface area contributed by atoms with E-state index in [1.807, 2.05) is 32.9 Å². The molecule has 5 aromatic rings. The van der Waals surface area contributed by atoms with Crippen LogP contribution in [0.4, 0.5) is 10.1 Å². The summed E-state index contributed by atoms with van der Waals surface area (Å²) in [6.07, 6.45) is 1.60. The lowest BCUT2D eigenvalue weighted by atomic mass is 9.96. The molecule has 0 aliphatic rings. The van der Waals surface area contributed by atoms with Gasteiger partial charge in [-0.15, -0.1) is 0 Å². The summed E-state index contributed by atoms with van der Waals surface area (Å²) >= 11 is 0. The molecule has 0 fully saturated rings. The predicted molar refractivity (Wildman–Crippen MR) is 151 cm³/mol. The molecule has 0 bridgehead atoms. The van der Waals surface area contributed by atoms with E-state index in [2.05, 4.69) is 42.6 Å². The van der Waals surface area contributed by atoms with Gasteiger partial charge in [-0.25, -0.2) is 14.4 Å². The monoisotopic (exact) mass is 551 g/mol. The Morgan fingerprint density at radius 3 is 2.61 bits per heavy atom. The first-order valence-corrected chi connectivity index (χ1v) is 12.7. The number of aromatic amines is 1. The van der Waals surface area contributed by atoms with Crippen molar-refractivity contribution in [2.75, 3.05) is 5.32 Å². The summed E-state index contributed by atoms with van der Waals surface area (Å²) < 4.78 is 20.2. The molecular formula is C30H26FN7O3. The van der Waals surface area contributed by atoms with E-state index in [9.17, 15) is 9.59 Å². The Bertz CT molecular complexity index is 1840. The molecule has 11 heteroatoms. The second-order valence-electron chi connectivity index (χ2n) is 10.2. The largest absolute Gasteiger partial charge is 0.344 e. The van der Waals surface area contributed by atoms with Gasteiger partial charge in [-0.05, 0) is 42.7 Å². The predicted octanol–water partition coefficient (Wildman–Crippen LogP) is 5.00. The van der Waals surface area contributed by atoms with Crippen molar-refractivity contribution in [3.63, 3.8) is 0 Å². The minimum Gasteiger partial charge on any atom is -0.344 e. The zero-order valence-corrected chi connectivity index (χ0v) is 22.8. The number of benzene rings is 2. The van der Waals surface area contributed by atoms with Gasteiger partial charge >= 0.3 is 11.8 Å². The highest BCUT2D eigenvalue weighted by molar-refractivity contribution is 6.06. The number of carbonyl (C=O) groups is 2. The molecule has 0 saturated carbocycles. The average Bonchev–Trinajstić information content (AvgIpc) is 3.61. The average molecular weight is 552 g/mol.